The summed E-state index contributed by atoms with van der Waals surface area (Å²) in [5, 5.41) is 6.74. The maximum atomic E-state index is 12.2. The zero-order chi connectivity index (χ0) is 19.4. The molecule has 0 amide bonds. The number of halogens is 4. The van der Waals surface area contributed by atoms with Gasteiger partial charge in [-0.25, -0.2) is 13.1 Å². The number of likely N-dealkylation sites (N-methyl/N-ethyl adjacent to an activating group) is 1. The molecule has 2 rings (SSSR count). The minimum absolute atomic E-state index is 0. The Balaban J connectivity index is 0.00000364. The van der Waals surface area contributed by atoms with Crippen molar-refractivity contribution in [1.29, 1.82) is 0 Å². The van der Waals surface area contributed by atoms with Crippen LogP contribution in [0.1, 0.15) is 18.6 Å². The molecule has 2 aromatic rings. The third-order valence-corrected chi connectivity index (χ3v) is 4.69. The van der Waals surface area contributed by atoms with Crippen molar-refractivity contribution in [3.63, 3.8) is 0 Å². The van der Waals surface area contributed by atoms with Gasteiger partial charge in [-0.15, -0.1) is 25.6 Å². The van der Waals surface area contributed by atoms with Crippen LogP contribution in [0.3, 0.4) is 0 Å². The number of rotatable bonds is 8. The molecule has 0 bridgehead atoms. The lowest BCUT2D eigenvalue weighted by molar-refractivity contribution is -0.274. The molecule has 1 unspecified atom stereocenters. The van der Waals surface area contributed by atoms with Crippen LogP contribution in [0.4, 0.5) is 13.2 Å². The molecule has 2 N–H and O–H groups in total. The highest BCUT2D eigenvalue weighted by Gasteiger charge is 2.31. The van der Waals surface area contributed by atoms with Gasteiger partial charge in [-0.2, -0.15) is 4.98 Å². The molecule has 0 aliphatic carbocycles. The van der Waals surface area contributed by atoms with E-state index in [1.165, 1.54) is 0 Å². The van der Waals surface area contributed by atoms with Gasteiger partial charge in [0.15, 0.2) is 5.82 Å². The van der Waals surface area contributed by atoms with Gasteiger partial charge in [-0.1, -0.05) is 5.16 Å². The number of sulfonamides is 1. The van der Waals surface area contributed by atoms with E-state index < -0.39 is 22.1 Å². The molecule has 0 radical (unpaired) electrons. The Hall–Kier alpha value is -1.89. The van der Waals surface area contributed by atoms with Gasteiger partial charge in [0.25, 0.3) is 0 Å². The molecule has 0 aliphatic heterocycles. The van der Waals surface area contributed by atoms with Crippen LogP contribution < -0.4 is 14.8 Å². The molecule has 0 fully saturated rings. The van der Waals surface area contributed by atoms with Crippen LogP contribution in [0.2, 0.25) is 0 Å². The largest absolute Gasteiger partial charge is 0.573 e. The fraction of sp³-hybridized carbons (Fsp3) is 0.429. The molecule has 0 saturated carbocycles. The SMILES string of the molecule is CNC(C)Cc1noc(CNS(=O)(=O)c2ccc(OC(F)(F)F)cc2)n1.Cl. The Morgan fingerprint density at radius 3 is 2.44 bits per heavy atom. The topological polar surface area (TPSA) is 106 Å². The minimum Gasteiger partial charge on any atom is -0.406 e. The lowest BCUT2D eigenvalue weighted by atomic mass is 10.2. The highest BCUT2D eigenvalue weighted by molar-refractivity contribution is 7.89. The third kappa shape index (κ3) is 7.33. The Morgan fingerprint density at radius 2 is 1.89 bits per heavy atom. The molecular formula is C14H18ClF3N4O4S. The standard InChI is InChI=1S/C14H17F3N4O4S.ClH/c1-9(18-2)7-12-20-13(25-21-12)8-19-26(22,23)11-5-3-10(4-6-11)24-14(15,16)17;/h3-6,9,18-19H,7-8H2,1-2H3;1H. The lowest BCUT2D eigenvalue weighted by Crippen LogP contribution is -2.24. The number of alkyl halides is 3. The van der Waals surface area contributed by atoms with E-state index in [0.717, 1.165) is 24.3 Å². The van der Waals surface area contributed by atoms with E-state index in [9.17, 15) is 21.6 Å². The summed E-state index contributed by atoms with van der Waals surface area (Å²) in [6.07, 6.45) is -4.34. The van der Waals surface area contributed by atoms with Gasteiger partial charge in [0.05, 0.1) is 11.4 Å². The highest BCUT2D eigenvalue weighted by atomic mass is 35.5. The summed E-state index contributed by atoms with van der Waals surface area (Å²) in [5.41, 5.74) is 0. The summed E-state index contributed by atoms with van der Waals surface area (Å²) in [6, 6.07) is 3.93. The normalized spacial score (nSPS) is 13.1. The number of nitrogens with one attached hydrogen (secondary N) is 2. The fourth-order valence-electron chi connectivity index (χ4n) is 1.88. The Bertz CT molecular complexity index is 828. The molecule has 1 aromatic heterocycles. The average molecular weight is 431 g/mol. The van der Waals surface area contributed by atoms with Crippen LogP contribution in [-0.2, 0) is 23.0 Å². The smallest absolute Gasteiger partial charge is 0.406 e. The van der Waals surface area contributed by atoms with Crippen LogP contribution in [0.5, 0.6) is 5.75 Å². The Labute approximate surface area is 159 Å². The van der Waals surface area contributed by atoms with Crippen LogP contribution >= 0.6 is 12.4 Å². The van der Waals surface area contributed by atoms with Crippen molar-refractivity contribution in [3.8, 4) is 5.75 Å². The second kappa shape index (κ2) is 9.35. The van der Waals surface area contributed by atoms with Gasteiger partial charge in [0, 0.05) is 12.5 Å². The number of nitrogens with zero attached hydrogens (tertiary/aromatic N) is 2. The number of hydrogen-bond donors (Lipinski definition) is 2. The van der Waals surface area contributed by atoms with Crippen molar-refractivity contribution in [2.24, 2.45) is 0 Å². The molecule has 13 heteroatoms. The van der Waals surface area contributed by atoms with Gasteiger partial charge >= 0.3 is 6.36 Å². The summed E-state index contributed by atoms with van der Waals surface area (Å²) < 4.78 is 71.5. The van der Waals surface area contributed by atoms with Crippen molar-refractivity contribution in [1.82, 2.24) is 20.2 Å². The Kier molecular flexibility index (Phi) is 8.02. The summed E-state index contributed by atoms with van der Waals surface area (Å²) in [6.45, 7) is 1.68. The number of hydrogen-bond acceptors (Lipinski definition) is 7. The second-order valence-electron chi connectivity index (χ2n) is 5.34. The molecule has 1 atom stereocenters. The van der Waals surface area contributed by atoms with E-state index >= 15 is 0 Å². The van der Waals surface area contributed by atoms with Gasteiger partial charge in [0.2, 0.25) is 15.9 Å². The molecule has 0 aliphatic rings. The molecule has 27 heavy (non-hydrogen) atoms. The number of ether oxygens (including phenoxy) is 1. The summed E-state index contributed by atoms with van der Waals surface area (Å²) in [7, 11) is -2.18. The molecule has 0 saturated heterocycles. The molecule has 8 nitrogen and oxygen atoms in total. The highest BCUT2D eigenvalue weighted by Crippen LogP contribution is 2.23. The molecular weight excluding hydrogens is 413 g/mol. The first-order chi connectivity index (χ1) is 12.1. The summed E-state index contributed by atoms with van der Waals surface area (Å²) >= 11 is 0. The first kappa shape index (κ1) is 23.1. The monoisotopic (exact) mass is 430 g/mol. The van der Waals surface area contributed by atoms with Gasteiger partial charge in [0.1, 0.15) is 5.75 Å². The number of aromatic nitrogens is 2. The van der Waals surface area contributed by atoms with Crippen LogP contribution in [-0.4, -0.2) is 38.0 Å². The maximum Gasteiger partial charge on any atom is 0.573 e. The Morgan fingerprint density at radius 1 is 1.26 bits per heavy atom. The van der Waals surface area contributed by atoms with Crippen molar-refractivity contribution in [3.05, 3.63) is 36.0 Å². The van der Waals surface area contributed by atoms with E-state index in [1.807, 2.05) is 6.92 Å². The molecule has 1 aromatic carbocycles. The van der Waals surface area contributed by atoms with Crippen molar-refractivity contribution in [2.45, 2.75) is 37.2 Å². The number of benzene rings is 1. The van der Waals surface area contributed by atoms with E-state index in [-0.39, 0.29) is 35.8 Å². The van der Waals surface area contributed by atoms with Crippen molar-refractivity contribution < 1.29 is 30.8 Å². The van der Waals surface area contributed by atoms with E-state index in [2.05, 4.69) is 24.9 Å². The minimum atomic E-state index is -4.85. The second-order valence-corrected chi connectivity index (χ2v) is 7.11. The quantitative estimate of drug-likeness (QED) is 0.659. The predicted molar refractivity (Wildman–Crippen MR) is 90.9 cm³/mol. The lowest BCUT2D eigenvalue weighted by Gasteiger charge is -2.09. The van der Waals surface area contributed by atoms with E-state index in [1.54, 1.807) is 7.05 Å². The predicted octanol–water partition coefficient (Wildman–Crippen LogP) is 2.02. The molecule has 0 spiro atoms. The van der Waals surface area contributed by atoms with E-state index in [0.29, 0.717) is 12.2 Å². The zero-order valence-corrected chi connectivity index (χ0v) is 15.9. The zero-order valence-electron chi connectivity index (χ0n) is 14.3. The molecule has 152 valence electrons. The molecule has 1 heterocycles. The van der Waals surface area contributed by atoms with Gasteiger partial charge in [-0.3, -0.25) is 0 Å². The van der Waals surface area contributed by atoms with Gasteiger partial charge < -0.3 is 14.6 Å². The summed E-state index contributed by atoms with van der Waals surface area (Å²) in [4.78, 5) is 3.83. The third-order valence-electron chi connectivity index (χ3n) is 3.27. The average Bonchev–Trinajstić information content (AvgIpc) is 2.99. The van der Waals surface area contributed by atoms with Crippen molar-refractivity contribution >= 4 is 22.4 Å². The maximum absolute atomic E-state index is 12.2. The van der Waals surface area contributed by atoms with Crippen molar-refractivity contribution in [2.75, 3.05) is 7.05 Å². The van der Waals surface area contributed by atoms with E-state index in [4.69, 9.17) is 4.52 Å². The first-order valence-corrected chi connectivity index (χ1v) is 8.91. The first-order valence-electron chi connectivity index (χ1n) is 7.43. The van der Waals surface area contributed by atoms with Crippen LogP contribution in [0.15, 0.2) is 33.7 Å². The van der Waals surface area contributed by atoms with Gasteiger partial charge in [-0.05, 0) is 38.2 Å². The fourth-order valence-corrected chi connectivity index (χ4v) is 2.86. The van der Waals surface area contributed by atoms with Crippen LogP contribution in [0.25, 0.3) is 0 Å². The van der Waals surface area contributed by atoms with Crippen LogP contribution in [0, 0.1) is 0 Å². The summed E-state index contributed by atoms with van der Waals surface area (Å²) in [5.74, 6) is -0.0183.